The van der Waals surface area contributed by atoms with Gasteiger partial charge in [-0.05, 0) is 24.6 Å². The largest absolute Gasteiger partial charge is 0.341 e. The van der Waals surface area contributed by atoms with Gasteiger partial charge in [-0.1, -0.05) is 23.7 Å². The summed E-state index contributed by atoms with van der Waals surface area (Å²) in [6.45, 7) is 0.981. The lowest BCUT2D eigenvalue weighted by molar-refractivity contribution is -0.134. The van der Waals surface area contributed by atoms with Crippen LogP contribution in [-0.4, -0.2) is 42.4 Å². The molecule has 9 heteroatoms. The second-order valence-electron chi connectivity index (χ2n) is 5.08. The van der Waals surface area contributed by atoms with Crippen molar-refractivity contribution in [2.75, 3.05) is 13.6 Å². The van der Waals surface area contributed by atoms with Crippen LogP contribution in [0.15, 0.2) is 24.3 Å². The van der Waals surface area contributed by atoms with Gasteiger partial charge in [-0.25, -0.2) is 9.59 Å². The predicted molar refractivity (Wildman–Crippen MR) is 81.6 cm³/mol. The highest BCUT2D eigenvalue weighted by molar-refractivity contribution is 6.30. The van der Waals surface area contributed by atoms with Crippen LogP contribution in [0.25, 0.3) is 0 Å². The van der Waals surface area contributed by atoms with Crippen molar-refractivity contribution in [2.24, 2.45) is 0 Å². The van der Waals surface area contributed by atoms with Gasteiger partial charge in [-0.3, -0.25) is 19.8 Å². The third-order valence-corrected chi connectivity index (χ3v) is 3.73. The normalized spacial score (nSPS) is 20.2. The molecule has 1 aromatic rings. The number of carbonyl (C=O) groups is 4. The van der Waals surface area contributed by atoms with Gasteiger partial charge < -0.3 is 10.6 Å². The van der Waals surface area contributed by atoms with Gasteiger partial charge in [0.05, 0.1) is 0 Å². The molecule has 1 aliphatic rings. The van der Waals surface area contributed by atoms with Crippen molar-refractivity contribution in [3.8, 4) is 0 Å². The molecule has 1 atom stereocenters. The molecule has 1 saturated heterocycles. The van der Waals surface area contributed by atoms with Crippen molar-refractivity contribution in [3.63, 3.8) is 0 Å². The maximum absolute atomic E-state index is 12.5. The number of nitrogens with one attached hydrogen (secondary N) is 3. The summed E-state index contributed by atoms with van der Waals surface area (Å²) in [7, 11) is 1.34. The second kappa shape index (κ2) is 6.25. The molecule has 6 amide bonds. The molecule has 0 bridgehead atoms. The fraction of sp³-hybridized carbons (Fsp3) is 0.286. The Morgan fingerprint density at radius 3 is 2.43 bits per heavy atom. The van der Waals surface area contributed by atoms with Gasteiger partial charge in [-0.15, -0.1) is 0 Å². The number of carbonyl (C=O) groups excluding carboxylic acids is 4. The summed E-state index contributed by atoms with van der Waals surface area (Å²) in [5.74, 6) is -1.36. The standard InChI is InChI=1S/C14H15ClN4O4/c1-14(8-3-5-9(15)6-4-8)11(21)19(13(23)18-14)7-10(20)17-12(22)16-2/h3-6H,7H2,1-2H3,(H,18,23)(H2,16,17,20,22)/t14-/m0/s1. The number of benzene rings is 1. The summed E-state index contributed by atoms with van der Waals surface area (Å²) in [6, 6.07) is 5.01. The summed E-state index contributed by atoms with van der Waals surface area (Å²) in [5.41, 5.74) is -0.760. The van der Waals surface area contributed by atoms with Crippen LogP contribution in [0.2, 0.25) is 5.02 Å². The number of imide groups is 2. The van der Waals surface area contributed by atoms with E-state index >= 15 is 0 Å². The van der Waals surface area contributed by atoms with Crippen LogP contribution in [0.5, 0.6) is 0 Å². The minimum Gasteiger partial charge on any atom is -0.341 e. The molecule has 2 rings (SSSR count). The van der Waals surface area contributed by atoms with E-state index in [1.807, 2.05) is 5.32 Å². The summed E-state index contributed by atoms with van der Waals surface area (Å²) in [4.78, 5) is 48.1. The van der Waals surface area contributed by atoms with Crippen LogP contribution in [0.1, 0.15) is 12.5 Å². The number of amides is 6. The highest BCUT2D eigenvalue weighted by atomic mass is 35.5. The smallest absolute Gasteiger partial charge is 0.325 e. The first-order valence-electron chi connectivity index (χ1n) is 6.69. The van der Waals surface area contributed by atoms with Crippen molar-refractivity contribution >= 4 is 35.5 Å². The van der Waals surface area contributed by atoms with Gasteiger partial charge in [0.15, 0.2) is 0 Å². The third kappa shape index (κ3) is 3.26. The molecule has 0 saturated carbocycles. The molecule has 23 heavy (non-hydrogen) atoms. The molecule has 122 valence electrons. The molecular formula is C14H15ClN4O4. The van der Waals surface area contributed by atoms with Crippen molar-refractivity contribution in [1.29, 1.82) is 0 Å². The first-order chi connectivity index (χ1) is 10.8. The number of urea groups is 2. The van der Waals surface area contributed by atoms with Gasteiger partial charge in [0.25, 0.3) is 5.91 Å². The van der Waals surface area contributed by atoms with E-state index in [1.54, 1.807) is 24.3 Å². The molecule has 0 radical (unpaired) electrons. The van der Waals surface area contributed by atoms with E-state index in [9.17, 15) is 19.2 Å². The third-order valence-electron chi connectivity index (χ3n) is 3.48. The van der Waals surface area contributed by atoms with Crippen LogP contribution in [-0.2, 0) is 15.1 Å². The van der Waals surface area contributed by atoms with E-state index in [0.29, 0.717) is 10.6 Å². The molecule has 0 unspecified atom stereocenters. The summed E-state index contributed by atoms with van der Waals surface area (Å²) in [6.07, 6.45) is 0. The molecule has 0 aliphatic carbocycles. The fourth-order valence-corrected chi connectivity index (χ4v) is 2.32. The average Bonchev–Trinajstić information content (AvgIpc) is 2.72. The molecule has 1 heterocycles. The van der Waals surface area contributed by atoms with Crippen molar-refractivity contribution in [2.45, 2.75) is 12.5 Å². The molecular weight excluding hydrogens is 324 g/mol. The zero-order valence-electron chi connectivity index (χ0n) is 12.5. The van der Waals surface area contributed by atoms with Crippen LogP contribution >= 0.6 is 11.6 Å². The Balaban J connectivity index is 2.17. The molecule has 1 fully saturated rings. The van der Waals surface area contributed by atoms with E-state index < -0.39 is 36.0 Å². The second-order valence-corrected chi connectivity index (χ2v) is 5.52. The van der Waals surface area contributed by atoms with E-state index in [4.69, 9.17) is 11.6 Å². The predicted octanol–water partition coefficient (Wildman–Crippen LogP) is 0.563. The monoisotopic (exact) mass is 338 g/mol. The van der Waals surface area contributed by atoms with Crippen molar-refractivity contribution in [1.82, 2.24) is 20.9 Å². The number of halogens is 1. The van der Waals surface area contributed by atoms with Crippen molar-refractivity contribution < 1.29 is 19.2 Å². The number of hydrogen-bond acceptors (Lipinski definition) is 4. The Bertz CT molecular complexity index is 676. The first-order valence-corrected chi connectivity index (χ1v) is 7.07. The number of rotatable bonds is 3. The molecule has 1 aliphatic heterocycles. The van der Waals surface area contributed by atoms with Crippen LogP contribution in [0.4, 0.5) is 9.59 Å². The number of nitrogens with zero attached hydrogens (tertiary/aromatic N) is 1. The Morgan fingerprint density at radius 2 is 1.87 bits per heavy atom. The summed E-state index contributed by atoms with van der Waals surface area (Å²) >= 11 is 5.82. The molecule has 0 aromatic heterocycles. The van der Waals surface area contributed by atoms with Gasteiger partial charge >= 0.3 is 12.1 Å². The minimum absolute atomic E-state index is 0.496. The van der Waals surface area contributed by atoms with Gasteiger partial charge in [-0.2, -0.15) is 0 Å². The van der Waals surface area contributed by atoms with Crippen molar-refractivity contribution in [3.05, 3.63) is 34.9 Å². The highest BCUT2D eigenvalue weighted by Gasteiger charge is 2.49. The Morgan fingerprint density at radius 1 is 1.26 bits per heavy atom. The maximum Gasteiger partial charge on any atom is 0.325 e. The van der Waals surface area contributed by atoms with Crippen LogP contribution < -0.4 is 16.0 Å². The van der Waals surface area contributed by atoms with E-state index in [2.05, 4.69) is 10.6 Å². The molecule has 8 nitrogen and oxygen atoms in total. The quantitative estimate of drug-likeness (QED) is 0.700. The highest BCUT2D eigenvalue weighted by Crippen LogP contribution is 2.29. The lowest BCUT2D eigenvalue weighted by Gasteiger charge is -2.22. The van der Waals surface area contributed by atoms with E-state index in [0.717, 1.165) is 4.90 Å². The lowest BCUT2D eigenvalue weighted by atomic mass is 9.92. The minimum atomic E-state index is -1.30. The average molecular weight is 339 g/mol. The molecule has 0 spiro atoms. The van der Waals surface area contributed by atoms with Crippen LogP contribution in [0.3, 0.4) is 0 Å². The Kier molecular flexibility index (Phi) is 4.55. The SMILES string of the molecule is CNC(=O)NC(=O)CN1C(=O)N[C@@](C)(c2ccc(Cl)cc2)C1=O. The Labute approximate surface area is 137 Å². The van der Waals surface area contributed by atoms with Gasteiger partial charge in [0.2, 0.25) is 5.91 Å². The first kappa shape index (κ1) is 16.8. The fourth-order valence-electron chi connectivity index (χ4n) is 2.19. The maximum atomic E-state index is 12.5. The summed E-state index contributed by atoms with van der Waals surface area (Å²) in [5, 5.41) is 7.24. The Hall–Kier alpha value is -2.61. The topological polar surface area (TPSA) is 108 Å². The zero-order valence-corrected chi connectivity index (χ0v) is 13.2. The molecule has 1 aromatic carbocycles. The molecule has 3 N–H and O–H groups in total. The van der Waals surface area contributed by atoms with Crippen LogP contribution in [0, 0.1) is 0 Å². The van der Waals surface area contributed by atoms with E-state index in [1.165, 1.54) is 14.0 Å². The summed E-state index contributed by atoms with van der Waals surface area (Å²) < 4.78 is 0. The van der Waals surface area contributed by atoms with E-state index in [-0.39, 0.29) is 0 Å². The van der Waals surface area contributed by atoms with Gasteiger partial charge in [0.1, 0.15) is 12.1 Å². The lowest BCUT2D eigenvalue weighted by Crippen LogP contribution is -2.46. The van der Waals surface area contributed by atoms with Gasteiger partial charge in [0, 0.05) is 12.1 Å². The number of hydrogen-bond donors (Lipinski definition) is 3. The zero-order chi connectivity index (χ0) is 17.2.